The molecule has 22 heavy (non-hydrogen) atoms. The number of halogens is 5. The van der Waals surface area contributed by atoms with Crippen molar-refractivity contribution in [3.63, 3.8) is 0 Å². The van der Waals surface area contributed by atoms with Crippen molar-refractivity contribution >= 4 is 16.1 Å². The molecule has 5 nitrogen and oxygen atoms in total. The van der Waals surface area contributed by atoms with Gasteiger partial charge in [0.15, 0.2) is 0 Å². The van der Waals surface area contributed by atoms with E-state index in [9.17, 15) is 35.2 Å². The van der Waals surface area contributed by atoms with Crippen LogP contribution in [0.5, 0.6) is 0 Å². The van der Waals surface area contributed by atoms with Crippen LogP contribution in [0.1, 0.15) is 38.5 Å². The molecule has 1 atom stereocenters. The molecule has 1 unspecified atom stereocenters. The normalized spacial score (nSPS) is 20.3. The molecule has 0 aliphatic heterocycles. The highest BCUT2D eigenvalue weighted by atomic mass is 32.2. The molecule has 1 fully saturated rings. The number of rotatable bonds is 4. The van der Waals surface area contributed by atoms with Gasteiger partial charge in [-0.25, -0.2) is 0 Å². The third-order valence-corrected chi connectivity index (χ3v) is 4.27. The molecule has 1 saturated carbocycles. The number of carbonyl (C=O) groups is 1. The van der Waals surface area contributed by atoms with Crippen molar-refractivity contribution in [1.29, 1.82) is 0 Å². The van der Waals surface area contributed by atoms with Crippen molar-refractivity contribution in [2.45, 2.75) is 56.1 Å². The lowest BCUT2D eigenvalue weighted by Crippen LogP contribution is -2.52. The summed E-state index contributed by atoms with van der Waals surface area (Å²) in [7, 11) is -6.40. The first-order valence-corrected chi connectivity index (χ1v) is 7.93. The molecule has 0 radical (unpaired) electrons. The third-order valence-electron chi connectivity index (χ3n) is 3.37. The fraction of sp³-hybridized carbons (Fsp3) is 0.909. The molecule has 0 aromatic carbocycles. The molecular weight excluding hydrogens is 339 g/mol. The highest BCUT2D eigenvalue weighted by Crippen LogP contribution is 2.39. The van der Waals surface area contributed by atoms with E-state index in [0.717, 1.165) is 12.8 Å². The van der Waals surface area contributed by atoms with Gasteiger partial charge in [0.2, 0.25) is 0 Å². The zero-order valence-corrected chi connectivity index (χ0v) is 12.1. The fourth-order valence-corrected chi connectivity index (χ4v) is 2.64. The van der Waals surface area contributed by atoms with Gasteiger partial charge in [0.25, 0.3) is 6.10 Å². The quantitative estimate of drug-likeness (QED) is 0.363. The summed E-state index contributed by atoms with van der Waals surface area (Å²) in [6.45, 7) is 0. The second-order valence-corrected chi connectivity index (χ2v) is 6.58. The van der Waals surface area contributed by atoms with E-state index in [1.54, 1.807) is 0 Å². The van der Waals surface area contributed by atoms with Crippen LogP contribution >= 0.6 is 0 Å². The maximum atomic E-state index is 13.3. The molecule has 0 aromatic rings. The Hall–Kier alpha value is -0.970. The summed E-state index contributed by atoms with van der Waals surface area (Å²) in [5, 5.41) is -5.67. The van der Waals surface area contributed by atoms with E-state index in [4.69, 9.17) is 4.55 Å². The highest BCUT2D eigenvalue weighted by Gasteiger charge is 2.66. The average Bonchev–Trinajstić information content (AvgIpc) is 2.61. The first-order valence-electron chi connectivity index (χ1n) is 6.49. The number of carbonyl (C=O) groups excluding carboxylic acids is 1. The first-order chi connectivity index (χ1) is 9.87. The van der Waals surface area contributed by atoms with Crippen LogP contribution in [0.2, 0.25) is 0 Å². The van der Waals surface area contributed by atoms with E-state index in [2.05, 4.69) is 4.74 Å². The second-order valence-electron chi connectivity index (χ2n) is 5.08. The minimum Gasteiger partial charge on any atom is -0.444 e. The van der Waals surface area contributed by atoms with Crippen molar-refractivity contribution < 1.29 is 44.5 Å². The molecule has 0 saturated heterocycles. The van der Waals surface area contributed by atoms with Crippen molar-refractivity contribution in [2.24, 2.45) is 5.92 Å². The Morgan fingerprint density at radius 1 is 1.05 bits per heavy atom. The van der Waals surface area contributed by atoms with Crippen molar-refractivity contribution in [2.75, 3.05) is 0 Å². The van der Waals surface area contributed by atoms with Gasteiger partial charge in [0.05, 0.1) is 5.92 Å². The van der Waals surface area contributed by atoms with Crippen molar-refractivity contribution in [3.8, 4) is 0 Å². The number of esters is 1. The van der Waals surface area contributed by atoms with Gasteiger partial charge in [-0.3, -0.25) is 9.35 Å². The molecule has 0 spiro atoms. The summed E-state index contributed by atoms with van der Waals surface area (Å²) >= 11 is 0. The Kier molecular flexibility index (Phi) is 5.77. The molecule has 0 amide bonds. The largest absolute Gasteiger partial charge is 0.444 e. The number of hydrogen-bond acceptors (Lipinski definition) is 4. The van der Waals surface area contributed by atoms with Gasteiger partial charge in [0.1, 0.15) is 0 Å². The van der Waals surface area contributed by atoms with Gasteiger partial charge in [-0.2, -0.15) is 30.4 Å². The summed E-state index contributed by atoms with van der Waals surface area (Å²) in [4.78, 5) is 11.6. The van der Waals surface area contributed by atoms with Crippen molar-refractivity contribution in [3.05, 3.63) is 0 Å². The molecule has 130 valence electrons. The minimum atomic E-state index is -6.40. The van der Waals surface area contributed by atoms with E-state index in [1.165, 1.54) is 0 Å². The van der Waals surface area contributed by atoms with Crippen LogP contribution in [0.15, 0.2) is 0 Å². The van der Waals surface area contributed by atoms with Crippen LogP contribution in [-0.2, 0) is 19.6 Å². The summed E-state index contributed by atoms with van der Waals surface area (Å²) in [5.41, 5.74) is 0. The third kappa shape index (κ3) is 4.51. The molecule has 1 N–H and O–H groups in total. The van der Waals surface area contributed by atoms with Crippen LogP contribution < -0.4 is 0 Å². The Bertz CT molecular complexity index is 493. The van der Waals surface area contributed by atoms with Gasteiger partial charge >= 0.3 is 27.5 Å². The lowest BCUT2D eigenvalue weighted by molar-refractivity contribution is -0.260. The summed E-state index contributed by atoms with van der Waals surface area (Å²) in [6.07, 6.45) is -7.15. The van der Waals surface area contributed by atoms with E-state index in [-0.39, 0.29) is 12.8 Å². The molecule has 1 rings (SSSR count). The van der Waals surface area contributed by atoms with E-state index < -0.39 is 39.5 Å². The number of hydrogen-bond donors (Lipinski definition) is 1. The van der Waals surface area contributed by atoms with Gasteiger partial charge in [-0.05, 0) is 12.8 Å². The molecule has 1 aliphatic rings. The number of ether oxygens (including phenoxy) is 1. The van der Waals surface area contributed by atoms with Gasteiger partial charge in [-0.15, -0.1) is 0 Å². The van der Waals surface area contributed by atoms with Crippen LogP contribution in [0.3, 0.4) is 0 Å². The van der Waals surface area contributed by atoms with Gasteiger partial charge in [-0.1, -0.05) is 25.7 Å². The Morgan fingerprint density at radius 3 is 1.86 bits per heavy atom. The summed E-state index contributed by atoms with van der Waals surface area (Å²) in [6, 6.07) is 0. The Morgan fingerprint density at radius 2 is 1.50 bits per heavy atom. The van der Waals surface area contributed by atoms with Gasteiger partial charge < -0.3 is 4.74 Å². The predicted octanol–water partition coefficient (Wildman–Crippen LogP) is 2.91. The monoisotopic (exact) mass is 354 g/mol. The molecular formula is C11H15F5O5S. The molecule has 11 heteroatoms. The molecule has 1 aliphatic carbocycles. The SMILES string of the molecule is O=C(OC(C(F)(F)F)C(F)(F)S(=O)(=O)O)C1CCCCCC1. The van der Waals surface area contributed by atoms with Crippen LogP contribution in [0, 0.1) is 5.92 Å². The molecule has 0 aromatic heterocycles. The molecule has 0 heterocycles. The average molecular weight is 354 g/mol. The molecule has 0 bridgehead atoms. The second kappa shape index (κ2) is 6.65. The zero-order valence-electron chi connectivity index (χ0n) is 11.3. The fourth-order valence-electron chi connectivity index (χ4n) is 2.19. The lowest BCUT2D eigenvalue weighted by atomic mass is 10.0. The predicted molar refractivity (Wildman–Crippen MR) is 63.6 cm³/mol. The Labute approximate surface area is 123 Å². The maximum Gasteiger partial charge on any atom is 0.432 e. The minimum absolute atomic E-state index is 0.181. The first kappa shape index (κ1) is 19.1. The Balaban J connectivity index is 2.97. The zero-order chi connectivity index (χ0) is 17.2. The summed E-state index contributed by atoms with van der Waals surface area (Å²) in [5.74, 6) is -2.53. The summed E-state index contributed by atoms with van der Waals surface area (Å²) < 4.78 is 97.4. The van der Waals surface area contributed by atoms with Crippen LogP contribution in [0.25, 0.3) is 0 Å². The van der Waals surface area contributed by atoms with Crippen molar-refractivity contribution in [1.82, 2.24) is 0 Å². The van der Waals surface area contributed by atoms with E-state index >= 15 is 0 Å². The van der Waals surface area contributed by atoms with Crippen LogP contribution in [0.4, 0.5) is 22.0 Å². The van der Waals surface area contributed by atoms with E-state index in [1.807, 2.05) is 0 Å². The smallest absolute Gasteiger partial charge is 0.432 e. The standard InChI is InChI=1S/C11H15F5O5S/c12-10(13,14)9(11(15,16)22(18,19)20)21-8(17)7-5-3-1-2-4-6-7/h7,9H,1-6H2,(H,18,19,20). The topological polar surface area (TPSA) is 80.7 Å². The van der Waals surface area contributed by atoms with Crippen LogP contribution in [-0.4, -0.2) is 36.5 Å². The number of alkyl halides is 5. The van der Waals surface area contributed by atoms with Gasteiger partial charge in [0, 0.05) is 0 Å². The lowest BCUT2D eigenvalue weighted by Gasteiger charge is -2.27. The van der Waals surface area contributed by atoms with E-state index in [0.29, 0.717) is 12.8 Å². The highest BCUT2D eigenvalue weighted by molar-refractivity contribution is 7.86. The maximum absolute atomic E-state index is 13.3.